The van der Waals surface area contributed by atoms with Crippen molar-refractivity contribution in [3.05, 3.63) is 41.6 Å². The monoisotopic (exact) mass is 418 g/mol. The summed E-state index contributed by atoms with van der Waals surface area (Å²) < 4.78 is 2.61. The van der Waals surface area contributed by atoms with Gasteiger partial charge in [-0.15, -0.1) is 0 Å². The summed E-state index contributed by atoms with van der Waals surface area (Å²) in [7, 11) is -1.81. The zero-order valence-electron chi connectivity index (χ0n) is 18.8. The molecule has 0 amide bonds. The lowest BCUT2D eigenvalue weighted by atomic mass is 10.1. The molecule has 4 aliphatic rings. The van der Waals surface area contributed by atoms with Gasteiger partial charge >= 0.3 is 0 Å². The number of fused-ring (bicyclic) bond motifs is 2. The molecule has 0 unspecified atom stereocenters. The van der Waals surface area contributed by atoms with Gasteiger partial charge in [0.1, 0.15) is 21.2 Å². The Morgan fingerprint density at radius 2 is 1.67 bits per heavy atom. The highest BCUT2D eigenvalue weighted by atomic mass is 28.3. The summed E-state index contributed by atoms with van der Waals surface area (Å²) in [6.07, 6.45) is 15.2. The third kappa shape index (κ3) is 3.33. The summed E-state index contributed by atoms with van der Waals surface area (Å²) in [5, 5.41) is 3.16. The normalized spacial score (nSPS) is 22.9. The lowest BCUT2D eigenvalue weighted by Gasteiger charge is -2.39. The van der Waals surface area contributed by atoms with E-state index in [1.807, 2.05) is 0 Å². The van der Waals surface area contributed by atoms with Crippen molar-refractivity contribution in [1.82, 2.24) is 0 Å². The van der Waals surface area contributed by atoms with Crippen LogP contribution >= 0.6 is 0 Å². The number of hydrogen-bond donors (Lipinski definition) is 0. The van der Waals surface area contributed by atoms with E-state index in [4.69, 9.17) is 4.99 Å². The molecule has 3 heterocycles. The van der Waals surface area contributed by atoms with E-state index in [0.29, 0.717) is 0 Å². The molecular formula is C26H36N3Si+. The largest absolute Gasteiger partial charge is 0.372 e. The molecule has 5 rings (SSSR count). The summed E-state index contributed by atoms with van der Waals surface area (Å²) >= 11 is 0. The first-order chi connectivity index (χ1) is 14.7. The zero-order chi connectivity index (χ0) is 20.6. The molecule has 0 atom stereocenters. The molecule has 158 valence electrons. The van der Waals surface area contributed by atoms with Crippen LogP contribution in [0.15, 0.2) is 46.6 Å². The molecule has 30 heavy (non-hydrogen) atoms. The Morgan fingerprint density at radius 3 is 2.40 bits per heavy atom. The number of piperidine rings is 2. The molecule has 0 aromatic heterocycles. The molecule has 2 saturated heterocycles. The van der Waals surface area contributed by atoms with Crippen LogP contribution in [0.5, 0.6) is 0 Å². The molecule has 1 aromatic carbocycles. The summed E-state index contributed by atoms with van der Waals surface area (Å²) in [6.45, 7) is 9.68. The van der Waals surface area contributed by atoms with Gasteiger partial charge in [0, 0.05) is 43.8 Å². The van der Waals surface area contributed by atoms with Crippen molar-refractivity contribution in [2.45, 2.75) is 64.5 Å². The lowest BCUT2D eigenvalue weighted by Crippen LogP contribution is -2.54. The Labute approximate surface area is 182 Å². The van der Waals surface area contributed by atoms with E-state index in [9.17, 15) is 0 Å². The van der Waals surface area contributed by atoms with Gasteiger partial charge in [-0.05, 0) is 60.3 Å². The first-order valence-corrected chi connectivity index (χ1v) is 14.7. The second-order valence-corrected chi connectivity index (χ2v) is 14.1. The van der Waals surface area contributed by atoms with Gasteiger partial charge in [-0.1, -0.05) is 25.9 Å². The maximum atomic E-state index is 5.17. The van der Waals surface area contributed by atoms with Crippen LogP contribution in [0, 0.1) is 0 Å². The summed E-state index contributed by atoms with van der Waals surface area (Å²) in [5.41, 5.74) is 5.34. The van der Waals surface area contributed by atoms with E-state index >= 15 is 0 Å². The molecule has 0 spiro atoms. The fraction of sp³-hybridized carbons (Fsp3) is 0.538. The second-order valence-electron chi connectivity index (χ2n) is 9.40. The first kappa shape index (κ1) is 20.0. The average Bonchev–Trinajstić information content (AvgIpc) is 2.83. The number of benzene rings is 1. The molecule has 2 fully saturated rings. The van der Waals surface area contributed by atoms with Crippen LogP contribution in [0.1, 0.15) is 52.4 Å². The minimum Gasteiger partial charge on any atom is -0.372 e. The van der Waals surface area contributed by atoms with Crippen LogP contribution < -0.4 is 10.1 Å². The van der Waals surface area contributed by atoms with Crippen LogP contribution in [0.2, 0.25) is 12.1 Å². The lowest BCUT2D eigenvalue weighted by molar-refractivity contribution is -0.535. The fourth-order valence-electron chi connectivity index (χ4n) is 5.99. The van der Waals surface area contributed by atoms with E-state index in [0.717, 1.165) is 0 Å². The Hall–Kier alpha value is -1.94. The van der Waals surface area contributed by atoms with Crippen molar-refractivity contribution >= 4 is 36.1 Å². The number of allylic oxidation sites excluding steroid dienone is 4. The minimum atomic E-state index is -1.81. The van der Waals surface area contributed by atoms with Crippen LogP contribution in [0.4, 0.5) is 11.4 Å². The smallest absolute Gasteiger partial charge is 0.199 e. The van der Waals surface area contributed by atoms with E-state index < -0.39 is 8.07 Å². The standard InChI is InChI=1S/C26H36N3Si/c1-3-30(4-2)25-19-21(28-15-7-5-8-16-28)11-13-23(25)27-24-14-12-22(20-26(24)30)29-17-9-6-10-18-29/h11-14,19-20H,3-10,15-18H2,1-2H3/q+1. The van der Waals surface area contributed by atoms with Crippen molar-refractivity contribution in [2.75, 3.05) is 31.1 Å². The zero-order valence-corrected chi connectivity index (χ0v) is 19.8. The molecule has 3 aliphatic heterocycles. The third-order valence-electron chi connectivity index (χ3n) is 7.88. The van der Waals surface area contributed by atoms with Gasteiger partial charge in [0.05, 0.1) is 11.4 Å². The van der Waals surface area contributed by atoms with Crippen LogP contribution in [-0.4, -0.2) is 50.3 Å². The molecule has 0 N–H and O–H groups in total. The van der Waals surface area contributed by atoms with Crippen molar-refractivity contribution in [2.24, 2.45) is 4.99 Å². The van der Waals surface area contributed by atoms with Crippen molar-refractivity contribution in [3.8, 4) is 0 Å². The molecule has 3 nitrogen and oxygen atoms in total. The van der Waals surface area contributed by atoms with Crippen molar-refractivity contribution in [3.63, 3.8) is 0 Å². The van der Waals surface area contributed by atoms with E-state index in [1.165, 1.54) is 99.6 Å². The number of nitrogens with zero attached hydrogens (tertiary/aromatic N) is 3. The SMILES string of the molecule is CC[Si]1(CC)C2=CC(=[N+]3CCCCC3)C=CC2=Nc2ccc(N3CCCCC3)cc21. The number of anilines is 1. The number of aliphatic imine (C=N–C) groups is 1. The molecular weight excluding hydrogens is 382 g/mol. The molecule has 1 aromatic rings. The average molecular weight is 419 g/mol. The highest BCUT2D eigenvalue weighted by molar-refractivity contribution is 7.02. The Balaban J connectivity index is 1.61. The maximum absolute atomic E-state index is 5.17. The van der Waals surface area contributed by atoms with E-state index in [1.54, 1.807) is 10.4 Å². The van der Waals surface area contributed by atoms with Crippen LogP contribution in [0.25, 0.3) is 0 Å². The Kier molecular flexibility index (Phi) is 5.53. The molecule has 1 aliphatic carbocycles. The fourth-order valence-corrected chi connectivity index (χ4v) is 10.4. The van der Waals surface area contributed by atoms with E-state index in [2.05, 4.69) is 59.8 Å². The van der Waals surface area contributed by atoms with Gasteiger partial charge in [-0.2, -0.15) is 0 Å². The van der Waals surface area contributed by atoms with Crippen LogP contribution in [-0.2, 0) is 0 Å². The van der Waals surface area contributed by atoms with Gasteiger partial charge in [-0.3, -0.25) is 0 Å². The topological polar surface area (TPSA) is 18.6 Å². The highest BCUT2D eigenvalue weighted by Crippen LogP contribution is 2.37. The van der Waals surface area contributed by atoms with Crippen molar-refractivity contribution in [1.29, 1.82) is 0 Å². The van der Waals surface area contributed by atoms with Crippen molar-refractivity contribution < 1.29 is 4.58 Å². The minimum absolute atomic E-state index is 1.21. The molecule has 4 heteroatoms. The second kappa shape index (κ2) is 8.30. The third-order valence-corrected chi connectivity index (χ3v) is 13.2. The Bertz CT molecular complexity index is 935. The predicted octanol–water partition coefficient (Wildman–Crippen LogP) is 5.13. The molecule has 0 saturated carbocycles. The van der Waals surface area contributed by atoms with Gasteiger partial charge < -0.3 is 4.90 Å². The Morgan fingerprint density at radius 1 is 0.933 bits per heavy atom. The summed E-state index contributed by atoms with van der Waals surface area (Å²) in [4.78, 5) is 7.78. The molecule has 0 radical (unpaired) electrons. The number of hydrogen-bond acceptors (Lipinski definition) is 2. The van der Waals surface area contributed by atoms with Gasteiger partial charge in [0.2, 0.25) is 0 Å². The van der Waals surface area contributed by atoms with Gasteiger partial charge in [0.15, 0.2) is 5.71 Å². The summed E-state index contributed by atoms with van der Waals surface area (Å²) in [6, 6.07) is 9.69. The maximum Gasteiger partial charge on any atom is 0.199 e. The quantitative estimate of drug-likeness (QED) is 0.378. The van der Waals surface area contributed by atoms with Crippen LogP contribution in [0.3, 0.4) is 0 Å². The summed E-state index contributed by atoms with van der Waals surface area (Å²) in [5.74, 6) is 0. The molecule has 0 bridgehead atoms. The van der Waals surface area contributed by atoms with Gasteiger partial charge in [0.25, 0.3) is 0 Å². The number of rotatable bonds is 3. The first-order valence-electron chi connectivity index (χ1n) is 12.3. The van der Waals surface area contributed by atoms with Gasteiger partial charge in [-0.25, -0.2) is 9.57 Å². The van der Waals surface area contributed by atoms with E-state index in [-0.39, 0.29) is 0 Å². The highest BCUT2D eigenvalue weighted by Gasteiger charge is 2.43. The predicted molar refractivity (Wildman–Crippen MR) is 132 cm³/mol.